The second-order valence-electron chi connectivity index (χ2n) is 14.1. The highest BCUT2D eigenvalue weighted by Crippen LogP contribution is 2.48. The van der Waals surface area contributed by atoms with Crippen molar-refractivity contribution in [2.24, 2.45) is 17.8 Å². The number of carboxylic acid groups (broad SMARTS) is 1. The molecule has 3 N–H and O–H groups in total. The van der Waals surface area contributed by atoms with Crippen LogP contribution in [-0.2, 0) is 24.4 Å². The summed E-state index contributed by atoms with van der Waals surface area (Å²) < 4.78 is 38.6. The fourth-order valence-corrected chi connectivity index (χ4v) is 8.88. The average Bonchev–Trinajstić information content (AvgIpc) is 4.01. The third-order valence-electron chi connectivity index (χ3n) is 10.4. The van der Waals surface area contributed by atoms with Gasteiger partial charge in [0.25, 0.3) is 5.91 Å². The molecule has 6 rings (SSSR count). The third-order valence-corrected chi connectivity index (χ3v) is 12.6. The molecule has 270 valence electrons. The van der Waals surface area contributed by atoms with Crippen molar-refractivity contribution in [2.45, 2.75) is 87.8 Å². The van der Waals surface area contributed by atoms with Crippen molar-refractivity contribution in [1.82, 2.24) is 29.8 Å². The molecular weight excluding hydrogens is 668 g/mol. The first kappa shape index (κ1) is 35.4. The quantitative estimate of drug-likeness (QED) is 0.357. The zero-order valence-corrected chi connectivity index (χ0v) is 29.4. The predicted octanol–water partition coefficient (Wildman–Crippen LogP) is 2.46. The molecule has 0 bridgehead atoms. The van der Waals surface area contributed by atoms with Gasteiger partial charge in [-0.15, -0.1) is 0 Å². The fourth-order valence-electron chi connectivity index (χ4n) is 7.31. The normalized spacial score (nSPS) is 30.3. The molecule has 1 aromatic carbocycles. The number of hydrogen-bond donors (Lipinski definition) is 3. The number of carbonyl (C=O) groups excluding carboxylic acids is 3. The fraction of sp³-hybridized carbons (Fsp3) is 0.588. The van der Waals surface area contributed by atoms with Crippen molar-refractivity contribution in [1.29, 1.82) is 0 Å². The summed E-state index contributed by atoms with van der Waals surface area (Å²) in [6, 6.07) is 2.88. The second kappa shape index (κ2) is 13.7. The van der Waals surface area contributed by atoms with Gasteiger partial charge in [-0.3, -0.25) is 14.4 Å². The number of benzene rings is 1. The van der Waals surface area contributed by atoms with Crippen LogP contribution < -0.4 is 20.1 Å². The third kappa shape index (κ3) is 6.94. The molecule has 15 nitrogen and oxygen atoms in total. The minimum Gasteiger partial charge on any atom is -0.497 e. The predicted molar refractivity (Wildman–Crippen MR) is 181 cm³/mol. The lowest BCUT2D eigenvalue weighted by Crippen LogP contribution is -2.59. The summed E-state index contributed by atoms with van der Waals surface area (Å²) in [6.45, 7) is 3.77. The maximum Gasteiger partial charge on any atom is 0.405 e. The van der Waals surface area contributed by atoms with E-state index in [1.54, 1.807) is 18.2 Å². The summed E-state index contributed by atoms with van der Waals surface area (Å²) in [6.07, 6.45) is 6.11. The highest BCUT2D eigenvalue weighted by molar-refractivity contribution is 7.90. The van der Waals surface area contributed by atoms with Crippen LogP contribution >= 0.6 is 0 Å². The number of methoxy groups -OCH3 is 1. The number of carbonyl (C=O) groups is 4. The molecule has 3 fully saturated rings. The summed E-state index contributed by atoms with van der Waals surface area (Å²) in [5, 5.41) is 15.0. The number of amides is 4. The Balaban J connectivity index is 1.35. The number of sulfonamides is 1. The minimum absolute atomic E-state index is 0.00475. The number of nitrogens with one attached hydrogen (secondary N) is 2. The maximum absolute atomic E-state index is 14.3. The summed E-state index contributed by atoms with van der Waals surface area (Å²) in [4.78, 5) is 64.5. The average molecular weight is 713 g/mol. The first-order chi connectivity index (χ1) is 23.7. The number of fused-ring (bicyclic) bond motifs is 3. The molecule has 0 unspecified atom stereocenters. The van der Waals surface area contributed by atoms with Crippen LogP contribution in [-0.4, -0.2) is 106 Å². The minimum atomic E-state index is -3.89. The van der Waals surface area contributed by atoms with E-state index in [4.69, 9.17) is 9.47 Å². The van der Waals surface area contributed by atoms with Crippen molar-refractivity contribution in [3.8, 4) is 11.6 Å². The van der Waals surface area contributed by atoms with Gasteiger partial charge in [-0.2, -0.15) is 0 Å². The van der Waals surface area contributed by atoms with Gasteiger partial charge < -0.3 is 30.1 Å². The van der Waals surface area contributed by atoms with Crippen molar-refractivity contribution in [3.63, 3.8) is 0 Å². The van der Waals surface area contributed by atoms with Crippen LogP contribution in [0.4, 0.5) is 4.79 Å². The Bertz CT molecular complexity index is 1820. The number of nitrogens with zero attached hydrogens (tertiary/aromatic N) is 4. The van der Waals surface area contributed by atoms with Crippen LogP contribution in [0, 0.1) is 17.8 Å². The van der Waals surface area contributed by atoms with E-state index in [2.05, 4.69) is 20.6 Å². The van der Waals surface area contributed by atoms with Gasteiger partial charge in [0.1, 0.15) is 35.8 Å². The van der Waals surface area contributed by atoms with E-state index >= 15 is 0 Å². The Morgan fingerprint density at radius 3 is 2.60 bits per heavy atom. The maximum atomic E-state index is 14.3. The molecule has 2 saturated carbocycles. The molecule has 0 spiro atoms. The lowest BCUT2D eigenvalue weighted by molar-refractivity contribution is -0.142. The Kier molecular flexibility index (Phi) is 9.68. The lowest BCUT2D eigenvalue weighted by atomic mass is 9.88. The highest BCUT2D eigenvalue weighted by Gasteiger charge is 2.63. The molecule has 2 aromatic rings. The molecule has 4 aliphatic rings. The molecule has 3 heterocycles. The highest BCUT2D eigenvalue weighted by atomic mass is 32.2. The van der Waals surface area contributed by atoms with E-state index in [0.29, 0.717) is 42.3 Å². The molecule has 1 aromatic heterocycles. The van der Waals surface area contributed by atoms with Crippen LogP contribution in [0.1, 0.15) is 58.8 Å². The van der Waals surface area contributed by atoms with E-state index in [1.807, 2.05) is 26.0 Å². The summed E-state index contributed by atoms with van der Waals surface area (Å²) in [5.74, 6) is -1.89. The monoisotopic (exact) mass is 712 g/mol. The van der Waals surface area contributed by atoms with Crippen LogP contribution in [0.25, 0.3) is 10.9 Å². The molecule has 16 heteroatoms. The molecular formula is C34H44N6O9S. The number of aromatic nitrogens is 2. The van der Waals surface area contributed by atoms with Gasteiger partial charge in [0.2, 0.25) is 27.7 Å². The van der Waals surface area contributed by atoms with Crippen molar-refractivity contribution < 1.29 is 42.2 Å². The second-order valence-corrected chi connectivity index (χ2v) is 16.3. The van der Waals surface area contributed by atoms with E-state index in [9.17, 15) is 32.7 Å². The van der Waals surface area contributed by atoms with Gasteiger partial charge in [-0.1, -0.05) is 26.0 Å². The zero-order chi connectivity index (χ0) is 36.0. The van der Waals surface area contributed by atoms with Crippen molar-refractivity contribution in [2.75, 3.05) is 20.7 Å². The molecule has 4 amide bonds. The van der Waals surface area contributed by atoms with Crippen LogP contribution in [0.5, 0.6) is 11.6 Å². The topological polar surface area (TPSA) is 197 Å². The van der Waals surface area contributed by atoms with Crippen LogP contribution in [0.15, 0.2) is 36.7 Å². The standard InChI is InChI=1S/C34H44N6O9S/c1-19-7-5-6-8-21-16-34(21,32(43)39(3)50(46,47)24-10-11-24)38-29(41)27-15-23(17-40(27)31(42)28(20(2)13-19)37-33(44)45)49-30-25-12-9-22(48-4)14-26(25)35-18-36-30/h6,8-9,12,14,18-21,23-24,27-28,37H,5,7,10-11,13,15-17H2,1-4H3,(H,38,41)(H,44,45)/t19-,20-,21-,23-,27+,28+,34-/m1/s1. The summed E-state index contributed by atoms with van der Waals surface area (Å²) in [5.41, 5.74) is -0.958. The largest absolute Gasteiger partial charge is 0.497 e. The van der Waals surface area contributed by atoms with Crippen molar-refractivity contribution in [3.05, 3.63) is 36.7 Å². The van der Waals surface area contributed by atoms with E-state index < -0.39 is 74.7 Å². The Hall–Kier alpha value is -4.47. The summed E-state index contributed by atoms with van der Waals surface area (Å²) in [7, 11) is -1.12. The van der Waals surface area contributed by atoms with Crippen molar-refractivity contribution >= 4 is 44.7 Å². The van der Waals surface area contributed by atoms with E-state index in [-0.39, 0.29) is 31.2 Å². The molecule has 2 aliphatic carbocycles. The van der Waals surface area contributed by atoms with Gasteiger partial charge in [0.05, 0.1) is 29.8 Å². The van der Waals surface area contributed by atoms with E-state index in [0.717, 1.165) is 10.7 Å². The molecule has 2 aliphatic heterocycles. The van der Waals surface area contributed by atoms with E-state index in [1.165, 1.54) is 25.4 Å². The molecule has 0 radical (unpaired) electrons. The number of likely N-dealkylation sites (N-methyl/N-ethyl adjacent to an activating group) is 1. The number of rotatable bonds is 7. The Morgan fingerprint density at radius 2 is 1.90 bits per heavy atom. The lowest BCUT2D eigenvalue weighted by Gasteiger charge is -2.32. The zero-order valence-electron chi connectivity index (χ0n) is 28.6. The SMILES string of the molecule is COc1ccc2c(O[C@@H]3C[C@H]4C(=O)N[C@]5(C(=O)N(C)S(=O)(=O)C6CC6)C[C@H]5C=CCC[C@@H](C)C[C@@H](C)[C@H](NC(=O)O)C(=O)N4C3)ncnc2c1. The Morgan fingerprint density at radius 1 is 1.14 bits per heavy atom. The van der Waals surface area contributed by atoms with Gasteiger partial charge in [0.15, 0.2) is 0 Å². The summed E-state index contributed by atoms with van der Waals surface area (Å²) >= 11 is 0. The number of allylic oxidation sites excluding steroid dienone is 1. The van der Waals surface area contributed by atoms with Gasteiger partial charge in [0, 0.05) is 25.5 Å². The van der Waals surface area contributed by atoms with Gasteiger partial charge in [-0.25, -0.2) is 27.5 Å². The molecule has 7 atom stereocenters. The Labute approximate surface area is 290 Å². The number of hydrogen-bond acceptors (Lipinski definition) is 10. The molecule has 1 saturated heterocycles. The van der Waals surface area contributed by atoms with Gasteiger partial charge in [-0.05, 0) is 62.5 Å². The number of ether oxygens (including phenoxy) is 2. The van der Waals surface area contributed by atoms with Crippen LogP contribution in [0.3, 0.4) is 0 Å². The molecule has 50 heavy (non-hydrogen) atoms. The first-order valence-corrected chi connectivity index (χ1v) is 18.5. The van der Waals surface area contributed by atoms with Crippen LogP contribution in [0.2, 0.25) is 0 Å². The van der Waals surface area contributed by atoms with Gasteiger partial charge >= 0.3 is 6.09 Å². The first-order valence-electron chi connectivity index (χ1n) is 17.0. The smallest absolute Gasteiger partial charge is 0.405 e.